The van der Waals surface area contributed by atoms with Gasteiger partial charge in [0.25, 0.3) is 0 Å². The van der Waals surface area contributed by atoms with E-state index in [9.17, 15) is 4.79 Å². The van der Waals surface area contributed by atoms with Crippen LogP contribution in [0.1, 0.15) is 20.3 Å². The molecule has 2 N–H and O–H groups in total. The average molecular weight is 166 g/mol. The van der Waals surface area contributed by atoms with Crippen molar-refractivity contribution >= 4 is 17.7 Å². The quantitative estimate of drug-likeness (QED) is 0.616. The number of carboxylic acids is 1. The standard InChI is InChI=1S/C6H12ClNO2/c1-4(2)3-5(8-7)6(9)10/h4-5,8H,3H2,1-2H3,(H,9,10). The Balaban J connectivity index is 3.72. The summed E-state index contributed by atoms with van der Waals surface area (Å²) < 4.78 is 0. The SMILES string of the molecule is CC(C)CC(NCl)C(=O)O. The van der Waals surface area contributed by atoms with E-state index in [1.54, 1.807) is 0 Å². The summed E-state index contributed by atoms with van der Waals surface area (Å²) in [5.41, 5.74) is 0. The highest BCUT2D eigenvalue weighted by Gasteiger charge is 2.16. The van der Waals surface area contributed by atoms with Gasteiger partial charge in [-0.1, -0.05) is 13.8 Å². The molecule has 10 heavy (non-hydrogen) atoms. The topological polar surface area (TPSA) is 49.3 Å². The van der Waals surface area contributed by atoms with Crippen LogP contribution in [-0.4, -0.2) is 17.1 Å². The van der Waals surface area contributed by atoms with E-state index >= 15 is 0 Å². The molecule has 0 aliphatic heterocycles. The molecule has 1 unspecified atom stereocenters. The van der Waals surface area contributed by atoms with Crippen LogP contribution in [0.5, 0.6) is 0 Å². The Labute approximate surface area is 65.5 Å². The zero-order valence-electron chi connectivity index (χ0n) is 6.10. The van der Waals surface area contributed by atoms with Crippen molar-refractivity contribution in [1.29, 1.82) is 0 Å². The molecule has 0 aromatic heterocycles. The van der Waals surface area contributed by atoms with E-state index in [1.165, 1.54) is 0 Å². The van der Waals surface area contributed by atoms with Gasteiger partial charge >= 0.3 is 5.97 Å². The number of carboxylic acid groups (broad SMARTS) is 1. The van der Waals surface area contributed by atoms with E-state index in [2.05, 4.69) is 4.84 Å². The van der Waals surface area contributed by atoms with Crippen molar-refractivity contribution in [3.8, 4) is 0 Å². The van der Waals surface area contributed by atoms with Crippen LogP contribution in [-0.2, 0) is 4.79 Å². The van der Waals surface area contributed by atoms with Crippen LogP contribution in [0.4, 0.5) is 0 Å². The van der Waals surface area contributed by atoms with E-state index in [0.717, 1.165) is 0 Å². The van der Waals surface area contributed by atoms with Gasteiger partial charge in [0.2, 0.25) is 0 Å². The lowest BCUT2D eigenvalue weighted by atomic mass is 10.1. The Bertz CT molecular complexity index is 116. The summed E-state index contributed by atoms with van der Waals surface area (Å²) in [6, 6.07) is -0.623. The lowest BCUT2D eigenvalue weighted by molar-refractivity contribution is -0.139. The minimum absolute atomic E-state index is 0.340. The fraction of sp³-hybridized carbons (Fsp3) is 0.833. The van der Waals surface area contributed by atoms with Crippen molar-refractivity contribution < 1.29 is 9.90 Å². The first-order valence-electron chi connectivity index (χ1n) is 3.17. The van der Waals surface area contributed by atoms with Gasteiger partial charge in [-0.15, -0.1) is 0 Å². The van der Waals surface area contributed by atoms with Crippen LogP contribution >= 0.6 is 11.8 Å². The highest BCUT2D eigenvalue weighted by molar-refractivity contribution is 6.14. The number of aliphatic carboxylic acids is 1. The molecule has 3 nitrogen and oxygen atoms in total. The third-order valence-electron chi connectivity index (χ3n) is 1.14. The first-order chi connectivity index (χ1) is 4.57. The molecular weight excluding hydrogens is 154 g/mol. The molecule has 0 saturated carbocycles. The summed E-state index contributed by atoms with van der Waals surface area (Å²) in [6.45, 7) is 3.90. The van der Waals surface area contributed by atoms with E-state index < -0.39 is 12.0 Å². The largest absolute Gasteiger partial charge is 0.480 e. The van der Waals surface area contributed by atoms with Gasteiger partial charge in [0.1, 0.15) is 6.04 Å². The second-order valence-corrected chi connectivity index (χ2v) is 2.85. The van der Waals surface area contributed by atoms with Gasteiger partial charge in [0.15, 0.2) is 0 Å². The van der Waals surface area contributed by atoms with E-state index in [-0.39, 0.29) is 0 Å². The molecule has 0 amide bonds. The Morgan fingerprint density at radius 1 is 1.70 bits per heavy atom. The molecule has 0 spiro atoms. The molecule has 0 heterocycles. The second-order valence-electron chi connectivity index (χ2n) is 2.63. The Kier molecular flexibility index (Phi) is 4.40. The van der Waals surface area contributed by atoms with E-state index in [0.29, 0.717) is 12.3 Å². The average Bonchev–Trinajstić information content (AvgIpc) is 1.81. The van der Waals surface area contributed by atoms with Crippen LogP contribution in [0, 0.1) is 5.92 Å². The molecule has 0 aliphatic carbocycles. The molecule has 0 saturated heterocycles. The zero-order valence-corrected chi connectivity index (χ0v) is 6.85. The van der Waals surface area contributed by atoms with Crippen molar-refractivity contribution in [2.45, 2.75) is 26.3 Å². The first-order valence-corrected chi connectivity index (χ1v) is 3.54. The van der Waals surface area contributed by atoms with Crippen LogP contribution in [0.2, 0.25) is 0 Å². The number of nitrogens with one attached hydrogen (secondary N) is 1. The monoisotopic (exact) mass is 165 g/mol. The fourth-order valence-corrected chi connectivity index (χ4v) is 0.846. The molecule has 0 rings (SSSR count). The Morgan fingerprint density at radius 3 is 2.30 bits per heavy atom. The number of carbonyl (C=O) groups is 1. The molecule has 60 valence electrons. The van der Waals surface area contributed by atoms with Gasteiger partial charge < -0.3 is 5.11 Å². The molecule has 0 radical (unpaired) electrons. The molecule has 0 bridgehead atoms. The van der Waals surface area contributed by atoms with Gasteiger partial charge in [-0.05, 0) is 24.1 Å². The maximum absolute atomic E-state index is 10.3. The third-order valence-corrected chi connectivity index (χ3v) is 1.40. The normalized spacial score (nSPS) is 13.6. The third kappa shape index (κ3) is 3.69. The lowest BCUT2D eigenvalue weighted by Gasteiger charge is -2.10. The summed E-state index contributed by atoms with van der Waals surface area (Å²) in [4.78, 5) is 12.5. The number of hydrogen-bond acceptors (Lipinski definition) is 2. The van der Waals surface area contributed by atoms with Gasteiger partial charge in [0.05, 0.1) is 0 Å². The van der Waals surface area contributed by atoms with E-state index in [4.69, 9.17) is 16.9 Å². The van der Waals surface area contributed by atoms with Crippen LogP contribution < -0.4 is 4.84 Å². The summed E-state index contributed by atoms with van der Waals surface area (Å²) in [7, 11) is 0. The van der Waals surface area contributed by atoms with E-state index in [1.807, 2.05) is 13.8 Å². The smallest absolute Gasteiger partial charge is 0.321 e. The highest BCUT2D eigenvalue weighted by atomic mass is 35.5. The van der Waals surface area contributed by atoms with Crippen LogP contribution in [0.25, 0.3) is 0 Å². The molecule has 4 heteroatoms. The summed E-state index contributed by atoms with van der Waals surface area (Å²) in [6.07, 6.45) is 0.554. The molecule has 1 atom stereocenters. The van der Waals surface area contributed by atoms with Gasteiger partial charge in [-0.2, -0.15) is 0 Å². The number of hydrogen-bond donors (Lipinski definition) is 2. The Hall–Kier alpha value is -0.280. The van der Waals surface area contributed by atoms with Gasteiger partial charge in [-0.3, -0.25) is 4.79 Å². The summed E-state index contributed by atoms with van der Waals surface area (Å²) in [5.74, 6) is -0.559. The van der Waals surface area contributed by atoms with Crippen molar-refractivity contribution in [2.24, 2.45) is 5.92 Å². The minimum Gasteiger partial charge on any atom is -0.480 e. The predicted molar refractivity (Wildman–Crippen MR) is 39.9 cm³/mol. The maximum Gasteiger partial charge on any atom is 0.321 e. The molecule has 0 fully saturated rings. The van der Waals surface area contributed by atoms with Crippen molar-refractivity contribution in [1.82, 2.24) is 4.84 Å². The number of rotatable bonds is 4. The zero-order chi connectivity index (χ0) is 8.15. The van der Waals surface area contributed by atoms with Crippen LogP contribution in [0.15, 0.2) is 0 Å². The highest BCUT2D eigenvalue weighted by Crippen LogP contribution is 2.04. The summed E-state index contributed by atoms with van der Waals surface area (Å²) >= 11 is 5.18. The number of halogens is 1. The Morgan fingerprint density at radius 2 is 2.20 bits per heavy atom. The first kappa shape index (κ1) is 9.72. The predicted octanol–water partition coefficient (Wildman–Crippen LogP) is 1.23. The molecular formula is C6H12ClNO2. The molecule has 0 aromatic rings. The minimum atomic E-state index is -0.899. The summed E-state index contributed by atoms with van der Waals surface area (Å²) in [5, 5.41) is 8.48. The van der Waals surface area contributed by atoms with Crippen molar-refractivity contribution in [3.05, 3.63) is 0 Å². The van der Waals surface area contributed by atoms with Gasteiger partial charge in [-0.25, -0.2) is 4.84 Å². The van der Waals surface area contributed by atoms with Crippen LogP contribution in [0.3, 0.4) is 0 Å². The van der Waals surface area contributed by atoms with Gasteiger partial charge in [0, 0.05) is 0 Å². The lowest BCUT2D eigenvalue weighted by Crippen LogP contribution is -2.31. The fourth-order valence-electron chi connectivity index (χ4n) is 0.663. The molecule has 0 aliphatic rings. The second kappa shape index (κ2) is 4.52. The molecule has 0 aromatic carbocycles. The van der Waals surface area contributed by atoms with Crippen molar-refractivity contribution in [3.63, 3.8) is 0 Å². The maximum atomic E-state index is 10.3. The van der Waals surface area contributed by atoms with Crippen molar-refractivity contribution in [2.75, 3.05) is 0 Å².